The van der Waals surface area contributed by atoms with Gasteiger partial charge in [-0.25, -0.2) is 9.50 Å². The molecule has 1 aliphatic carbocycles. The van der Waals surface area contributed by atoms with Crippen LogP contribution in [0.15, 0.2) is 24.3 Å². The molecule has 1 saturated carbocycles. The largest absolute Gasteiger partial charge is 0.217 e. The Bertz CT molecular complexity index is 753. The second-order valence-corrected chi connectivity index (χ2v) is 6.39. The standard InChI is InChI=1S/C14H12ClN3S/c1-8-12(9-4-6-11(15)7-5-9)16-14-18(8)17-13(19-14)10-2-3-10/h4-7,10H,2-3H2,1H3. The molecule has 0 amide bonds. The summed E-state index contributed by atoms with van der Waals surface area (Å²) in [5.74, 6) is 0.685. The SMILES string of the molecule is Cc1c(-c2ccc(Cl)cc2)nc2sc(C3CC3)nn12. The lowest BCUT2D eigenvalue weighted by molar-refractivity contribution is 0.877. The lowest BCUT2D eigenvalue weighted by Crippen LogP contribution is -1.90. The van der Waals surface area contributed by atoms with Crippen molar-refractivity contribution >= 4 is 27.9 Å². The average molecular weight is 290 g/mol. The fourth-order valence-electron chi connectivity index (χ4n) is 2.24. The van der Waals surface area contributed by atoms with Crippen LogP contribution in [0, 0.1) is 6.92 Å². The van der Waals surface area contributed by atoms with Crippen LogP contribution in [0.3, 0.4) is 0 Å². The highest BCUT2D eigenvalue weighted by Crippen LogP contribution is 2.42. The molecule has 96 valence electrons. The van der Waals surface area contributed by atoms with Crippen LogP contribution in [0.5, 0.6) is 0 Å². The highest BCUT2D eigenvalue weighted by Gasteiger charge is 2.28. The van der Waals surface area contributed by atoms with Crippen LogP contribution in [0.1, 0.15) is 29.5 Å². The lowest BCUT2D eigenvalue weighted by Gasteiger charge is -1.99. The molecule has 1 fully saturated rings. The van der Waals surface area contributed by atoms with Gasteiger partial charge >= 0.3 is 0 Å². The van der Waals surface area contributed by atoms with Crippen molar-refractivity contribution in [3.8, 4) is 11.3 Å². The Labute approximate surface area is 119 Å². The van der Waals surface area contributed by atoms with Gasteiger partial charge in [0, 0.05) is 16.5 Å². The molecule has 1 aliphatic rings. The Kier molecular flexibility index (Phi) is 2.44. The predicted molar refractivity (Wildman–Crippen MR) is 78.0 cm³/mol. The van der Waals surface area contributed by atoms with Crippen LogP contribution in [0.25, 0.3) is 16.2 Å². The van der Waals surface area contributed by atoms with Gasteiger partial charge in [0.1, 0.15) is 5.01 Å². The maximum atomic E-state index is 5.92. The van der Waals surface area contributed by atoms with Crippen LogP contribution in [-0.4, -0.2) is 14.6 Å². The number of imidazole rings is 1. The first-order valence-corrected chi connectivity index (χ1v) is 7.54. The van der Waals surface area contributed by atoms with Crippen molar-refractivity contribution in [1.29, 1.82) is 0 Å². The van der Waals surface area contributed by atoms with Gasteiger partial charge in [0.05, 0.1) is 11.4 Å². The molecule has 2 heterocycles. The zero-order valence-corrected chi connectivity index (χ0v) is 12.0. The summed E-state index contributed by atoms with van der Waals surface area (Å²) in [6.45, 7) is 2.07. The van der Waals surface area contributed by atoms with E-state index < -0.39 is 0 Å². The van der Waals surface area contributed by atoms with Gasteiger partial charge in [0.25, 0.3) is 0 Å². The minimum atomic E-state index is 0.685. The van der Waals surface area contributed by atoms with E-state index >= 15 is 0 Å². The summed E-state index contributed by atoms with van der Waals surface area (Å²) < 4.78 is 1.97. The fourth-order valence-corrected chi connectivity index (χ4v) is 3.48. The van der Waals surface area contributed by atoms with Crippen LogP contribution >= 0.6 is 22.9 Å². The molecule has 19 heavy (non-hydrogen) atoms. The molecule has 5 heteroatoms. The first-order chi connectivity index (χ1) is 9.22. The van der Waals surface area contributed by atoms with E-state index in [-0.39, 0.29) is 0 Å². The van der Waals surface area contributed by atoms with Gasteiger partial charge in [0.15, 0.2) is 0 Å². The number of hydrogen-bond acceptors (Lipinski definition) is 3. The maximum absolute atomic E-state index is 5.92. The van der Waals surface area contributed by atoms with Gasteiger partial charge in [-0.05, 0) is 31.9 Å². The van der Waals surface area contributed by atoms with E-state index in [1.807, 2.05) is 28.8 Å². The summed E-state index contributed by atoms with van der Waals surface area (Å²) in [6, 6.07) is 7.80. The second-order valence-electron chi connectivity index (χ2n) is 4.96. The Balaban J connectivity index is 1.84. The number of rotatable bonds is 2. The zero-order valence-electron chi connectivity index (χ0n) is 10.4. The zero-order chi connectivity index (χ0) is 13.0. The fraction of sp³-hybridized carbons (Fsp3) is 0.286. The number of halogens is 1. The molecule has 0 N–H and O–H groups in total. The molecule has 0 spiro atoms. The summed E-state index contributed by atoms with van der Waals surface area (Å²) in [4.78, 5) is 5.71. The van der Waals surface area contributed by atoms with E-state index in [1.165, 1.54) is 17.8 Å². The molecule has 3 aromatic rings. The van der Waals surface area contributed by atoms with Crippen LogP contribution in [0.4, 0.5) is 0 Å². The number of aromatic nitrogens is 3. The number of aryl methyl sites for hydroxylation is 1. The second kappa shape index (κ2) is 4.05. The molecular weight excluding hydrogens is 278 g/mol. The third kappa shape index (κ3) is 1.86. The predicted octanol–water partition coefficient (Wildman–Crippen LogP) is 4.30. The molecule has 1 aromatic carbocycles. The van der Waals surface area contributed by atoms with Crippen LogP contribution in [0.2, 0.25) is 5.02 Å². The monoisotopic (exact) mass is 289 g/mol. The molecule has 3 nitrogen and oxygen atoms in total. The summed E-state index contributed by atoms with van der Waals surface area (Å²) in [5, 5.41) is 6.66. The van der Waals surface area contributed by atoms with Gasteiger partial charge < -0.3 is 0 Å². The Morgan fingerprint density at radius 3 is 2.63 bits per heavy atom. The number of benzene rings is 1. The van der Waals surface area contributed by atoms with E-state index in [9.17, 15) is 0 Å². The van der Waals surface area contributed by atoms with Crippen molar-refractivity contribution in [3.05, 3.63) is 40.0 Å². The van der Waals surface area contributed by atoms with E-state index in [1.54, 1.807) is 11.3 Å². The number of nitrogens with zero attached hydrogens (tertiary/aromatic N) is 3. The van der Waals surface area contributed by atoms with E-state index in [4.69, 9.17) is 16.6 Å². The minimum Gasteiger partial charge on any atom is -0.217 e. The van der Waals surface area contributed by atoms with Crippen molar-refractivity contribution in [2.75, 3.05) is 0 Å². The first kappa shape index (κ1) is 11.4. The van der Waals surface area contributed by atoms with E-state index in [2.05, 4.69) is 12.0 Å². The summed E-state index contributed by atoms with van der Waals surface area (Å²) >= 11 is 7.64. The Morgan fingerprint density at radius 2 is 2.00 bits per heavy atom. The summed E-state index contributed by atoms with van der Waals surface area (Å²) in [7, 11) is 0. The number of hydrogen-bond donors (Lipinski definition) is 0. The molecular formula is C14H12ClN3S. The molecule has 4 rings (SSSR count). The molecule has 0 unspecified atom stereocenters. The van der Waals surface area contributed by atoms with Crippen molar-refractivity contribution in [2.45, 2.75) is 25.7 Å². The Hall–Kier alpha value is -1.39. The van der Waals surface area contributed by atoms with Crippen molar-refractivity contribution < 1.29 is 0 Å². The maximum Gasteiger partial charge on any atom is 0.212 e. The molecule has 2 aromatic heterocycles. The van der Waals surface area contributed by atoms with Crippen LogP contribution < -0.4 is 0 Å². The molecule has 0 aliphatic heterocycles. The lowest BCUT2D eigenvalue weighted by atomic mass is 10.1. The van der Waals surface area contributed by atoms with Gasteiger partial charge in [-0.3, -0.25) is 0 Å². The third-order valence-electron chi connectivity index (χ3n) is 3.49. The highest BCUT2D eigenvalue weighted by atomic mass is 35.5. The average Bonchev–Trinajstić information content (AvgIpc) is 3.10. The van der Waals surface area contributed by atoms with Gasteiger partial charge in [-0.2, -0.15) is 5.10 Å². The third-order valence-corrected chi connectivity index (χ3v) is 4.81. The summed E-state index contributed by atoms with van der Waals surface area (Å²) in [5.41, 5.74) is 3.19. The van der Waals surface area contributed by atoms with E-state index in [0.717, 1.165) is 26.9 Å². The summed E-state index contributed by atoms with van der Waals surface area (Å²) in [6.07, 6.45) is 2.56. The number of fused-ring (bicyclic) bond motifs is 1. The normalized spacial score (nSPS) is 15.3. The van der Waals surface area contributed by atoms with E-state index in [0.29, 0.717) is 5.92 Å². The van der Waals surface area contributed by atoms with Crippen molar-refractivity contribution in [2.24, 2.45) is 0 Å². The van der Waals surface area contributed by atoms with Gasteiger partial charge in [0.2, 0.25) is 4.96 Å². The first-order valence-electron chi connectivity index (χ1n) is 6.34. The van der Waals surface area contributed by atoms with Crippen molar-refractivity contribution in [1.82, 2.24) is 14.6 Å². The van der Waals surface area contributed by atoms with Gasteiger partial charge in [-0.1, -0.05) is 35.1 Å². The van der Waals surface area contributed by atoms with Gasteiger partial charge in [-0.15, -0.1) is 0 Å². The smallest absolute Gasteiger partial charge is 0.212 e. The minimum absolute atomic E-state index is 0.685. The topological polar surface area (TPSA) is 30.2 Å². The van der Waals surface area contributed by atoms with Crippen molar-refractivity contribution in [3.63, 3.8) is 0 Å². The molecule has 0 radical (unpaired) electrons. The highest BCUT2D eigenvalue weighted by molar-refractivity contribution is 7.16. The molecule has 0 saturated heterocycles. The quantitative estimate of drug-likeness (QED) is 0.704. The van der Waals surface area contributed by atoms with Crippen LogP contribution in [-0.2, 0) is 0 Å². The Morgan fingerprint density at radius 1 is 1.26 bits per heavy atom. The molecule has 0 atom stereocenters. The molecule has 0 bridgehead atoms.